The van der Waals surface area contributed by atoms with Gasteiger partial charge in [-0.3, -0.25) is 0 Å². The molecule has 0 fully saturated rings. The SMILES string of the molecule is CCc1cc2c(NN)nc(CSC)nc2s1. The molecule has 0 saturated carbocycles. The summed E-state index contributed by atoms with van der Waals surface area (Å²) in [4.78, 5) is 11.3. The zero-order chi connectivity index (χ0) is 11.5. The van der Waals surface area contributed by atoms with E-state index in [9.17, 15) is 0 Å². The van der Waals surface area contributed by atoms with E-state index in [1.807, 2.05) is 6.26 Å². The first-order valence-corrected chi connectivity index (χ1v) is 7.24. The topological polar surface area (TPSA) is 63.8 Å². The predicted octanol–water partition coefficient (Wildman–Crippen LogP) is 2.40. The molecule has 0 amide bonds. The van der Waals surface area contributed by atoms with E-state index >= 15 is 0 Å². The molecule has 2 rings (SSSR count). The van der Waals surface area contributed by atoms with Gasteiger partial charge in [-0.2, -0.15) is 11.8 Å². The third-order valence-corrected chi connectivity index (χ3v) is 3.97. The number of rotatable bonds is 4. The molecule has 0 unspecified atom stereocenters. The summed E-state index contributed by atoms with van der Waals surface area (Å²) < 4.78 is 0. The molecule has 86 valence electrons. The van der Waals surface area contributed by atoms with Crippen LogP contribution in [0.1, 0.15) is 17.6 Å². The van der Waals surface area contributed by atoms with Crippen LogP contribution in [0.25, 0.3) is 10.2 Å². The Labute approximate surface area is 103 Å². The van der Waals surface area contributed by atoms with Crippen LogP contribution < -0.4 is 11.3 Å². The number of hydrazine groups is 1. The largest absolute Gasteiger partial charge is 0.308 e. The number of aromatic nitrogens is 2. The highest BCUT2D eigenvalue weighted by atomic mass is 32.2. The van der Waals surface area contributed by atoms with Gasteiger partial charge in [0.1, 0.15) is 10.7 Å². The summed E-state index contributed by atoms with van der Waals surface area (Å²) >= 11 is 3.42. The van der Waals surface area contributed by atoms with Gasteiger partial charge in [-0.25, -0.2) is 15.8 Å². The molecule has 0 atom stereocenters. The van der Waals surface area contributed by atoms with Crippen LogP contribution in [0.5, 0.6) is 0 Å². The van der Waals surface area contributed by atoms with Crippen molar-refractivity contribution in [2.75, 3.05) is 11.7 Å². The molecule has 0 aliphatic rings. The van der Waals surface area contributed by atoms with Crippen molar-refractivity contribution < 1.29 is 0 Å². The quantitative estimate of drug-likeness (QED) is 0.648. The van der Waals surface area contributed by atoms with Gasteiger partial charge in [0, 0.05) is 4.88 Å². The highest BCUT2D eigenvalue weighted by Gasteiger charge is 2.10. The lowest BCUT2D eigenvalue weighted by Crippen LogP contribution is -2.10. The van der Waals surface area contributed by atoms with E-state index in [1.165, 1.54) is 4.88 Å². The number of nitrogen functional groups attached to an aromatic ring is 1. The Balaban J connectivity index is 2.56. The molecule has 3 N–H and O–H groups in total. The standard InChI is InChI=1S/C10H14N4S2/c1-3-6-4-7-9(14-11)12-8(5-15-2)13-10(7)16-6/h4H,3,5,11H2,1-2H3,(H,12,13,14). The molecule has 0 radical (unpaired) electrons. The van der Waals surface area contributed by atoms with Crippen molar-refractivity contribution in [3.63, 3.8) is 0 Å². The van der Waals surface area contributed by atoms with E-state index in [-0.39, 0.29) is 0 Å². The van der Waals surface area contributed by atoms with Gasteiger partial charge < -0.3 is 5.43 Å². The van der Waals surface area contributed by atoms with Crippen molar-refractivity contribution in [3.8, 4) is 0 Å². The first-order chi connectivity index (χ1) is 7.78. The van der Waals surface area contributed by atoms with Crippen LogP contribution in [-0.4, -0.2) is 16.2 Å². The van der Waals surface area contributed by atoms with Crippen LogP contribution in [0.2, 0.25) is 0 Å². The number of nitrogens with zero attached hydrogens (tertiary/aromatic N) is 2. The minimum Gasteiger partial charge on any atom is -0.308 e. The maximum Gasteiger partial charge on any atom is 0.152 e. The molecular weight excluding hydrogens is 240 g/mol. The summed E-state index contributed by atoms with van der Waals surface area (Å²) in [5.41, 5.74) is 2.65. The van der Waals surface area contributed by atoms with Crippen molar-refractivity contribution in [2.24, 2.45) is 5.84 Å². The van der Waals surface area contributed by atoms with E-state index in [2.05, 4.69) is 28.4 Å². The third-order valence-electron chi connectivity index (χ3n) is 2.25. The first-order valence-electron chi connectivity index (χ1n) is 5.03. The smallest absolute Gasteiger partial charge is 0.152 e. The summed E-state index contributed by atoms with van der Waals surface area (Å²) in [6.45, 7) is 2.14. The van der Waals surface area contributed by atoms with E-state index in [0.29, 0.717) is 0 Å². The lowest BCUT2D eigenvalue weighted by Gasteiger charge is -2.03. The summed E-state index contributed by atoms with van der Waals surface area (Å²) in [7, 11) is 0. The Morgan fingerprint density at radius 2 is 2.31 bits per heavy atom. The van der Waals surface area contributed by atoms with Gasteiger partial charge in [0.15, 0.2) is 5.82 Å². The van der Waals surface area contributed by atoms with Crippen LogP contribution in [0.3, 0.4) is 0 Å². The number of hydrogen-bond acceptors (Lipinski definition) is 6. The summed E-state index contributed by atoms with van der Waals surface area (Å²) in [5, 5.41) is 1.02. The lowest BCUT2D eigenvalue weighted by molar-refractivity contribution is 1.07. The van der Waals surface area contributed by atoms with E-state index < -0.39 is 0 Å². The van der Waals surface area contributed by atoms with Crippen molar-refractivity contribution in [2.45, 2.75) is 19.1 Å². The fraction of sp³-hybridized carbons (Fsp3) is 0.400. The number of aryl methyl sites for hydroxylation is 1. The molecule has 0 spiro atoms. The zero-order valence-corrected chi connectivity index (χ0v) is 10.9. The molecule has 4 nitrogen and oxygen atoms in total. The Morgan fingerprint density at radius 3 is 2.94 bits per heavy atom. The average molecular weight is 254 g/mol. The van der Waals surface area contributed by atoms with Gasteiger partial charge in [-0.05, 0) is 18.7 Å². The Hall–Kier alpha value is -0.850. The predicted molar refractivity (Wildman–Crippen MR) is 71.8 cm³/mol. The Kier molecular flexibility index (Phi) is 3.63. The highest BCUT2D eigenvalue weighted by molar-refractivity contribution is 7.97. The Morgan fingerprint density at radius 1 is 1.50 bits per heavy atom. The molecular formula is C10H14N4S2. The number of nitrogens with one attached hydrogen (secondary N) is 1. The van der Waals surface area contributed by atoms with Crippen LogP contribution in [0, 0.1) is 0 Å². The molecule has 2 aromatic rings. The number of thiophene rings is 1. The summed E-state index contributed by atoms with van der Waals surface area (Å²) in [6.07, 6.45) is 3.05. The van der Waals surface area contributed by atoms with Crippen molar-refractivity contribution >= 4 is 39.1 Å². The number of anilines is 1. The molecule has 0 aromatic carbocycles. The number of hydrogen-bond donors (Lipinski definition) is 2. The molecule has 0 saturated heterocycles. The number of nitrogens with two attached hydrogens (primary N) is 1. The van der Waals surface area contributed by atoms with Gasteiger partial charge in [0.05, 0.1) is 11.1 Å². The van der Waals surface area contributed by atoms with E-state index in [1.54, 1.807) is 23.1 Å². The fourth-order valence-corrected chi connectivity index (χ4v) is 2.87. The summed E-state index contributed by atoms with van der Waals surface area (Å²) in [5.74, 6) is 7.86. The number of fused-ring (bicyclic) bond motifs is 1. The third kappa shape index (κ3) is 2.14. The second-order valence-electron chi connectivity index (χ2n) is 3.35. The van der Waals surface area contributed by atoms with Crippen LogP contribution in [0.15, 0.2) is 6.07 Å². The maximum atomic E-state index is 5.49. The van der Waals surface area contributed by atoms with Crippen LogP contribution in [-0.2, 0) is 12.2 Å². The average Bonchev–Trinajstić information content (AvgIpc) is 2.71. The minimum absolute atomic E-state index is 0.727. The zero-order valence-electron chi connectivity index (χ0n) is 9.28. The summed E-state index contributed by atoms with van der Waals surface area (Å²) in [6, 6.07) is 2.11. The van der Waals surface area contributed by atoms with E-state index in [0.717, 1.165) is 34.0 Å². The molecule has 0 aliphatic carbocycles. The fourth-order valence-electron chi connectivity index (χ4n) is 1.49. The van der Waals surface area contributed by atoms with Crippen molar-refractivity contribution in [1.82, 2.24) is 9.97 Å². The molecule has 2 heterocycles. The van der Waals surface area contributed by atoms with Gasteiger partial charge >= 0.3 is 0 Å². The normalized spacial score (nSPS) is 10.9. The monoisotopic (exact) mass is 254 g/mol. The van der Waals surface area contributed by atoms with E-state index in [4.69, 9.17) is 5.84 Å². The van der Waals surface area contributed by atoms with Gasteiger partial charge in [0.25, 0.3) is 0 Å². The lowest BCUT2D eigenvalue weighted by atomic mass is 10.3. The first kappa shape index (κ1) is 11.6. The van der Waals surface area contributed by atoms with Crippen molar-refractivity contribution in [3.05, 3.63) is 16.8 Å². The molecule has 0 bridgehead atoms. The molecule has 0 aliphatic heterocycles. The van der Waals surface area contributed by atoms with Crippen molar-refractivity contribution in [1.29, 1.82) is 0 Å². The molecule has 6 heteroatoms. The minimum atomic E-state index is 0.727. The Bertz CT molecular complexity index is 495. The molecule has 2 aromatic heterocycles. The van der Waals surface area contributed by atoms with Crippen LogP contribution in [0.4, 0.5) is 5.82 Å². The second kappa shape index (κ2) is 4.99. The van der Waals surface area contributed by atoms with Gasteiger partial charge in [-0.15, -0.1) is 11.3 Å². The number of thioether (sulfide) groups is 1. The van der Waals surface area contributed by atoms with Crippen LogP contribution >= 0.6 is 23.1 Å². The maximum absolute atomic E-state index is 5.49. The molecule has 16 heavy (non-hydrogen) atoms. The highest BCUT2D eigenvalue weighted by Crippen LogP contribution is 2.29. The second-order valence-corrected chi connectivity index (χ2v) is 5.33. The van der Waals surface area contributed by atoms with Gasteiger partial charge in [-0.1, -0.05) is 6.92 Å². The van der Waals surface area contributed by atoms with Gasteiger partial charge in [0.2, 0.25) is 0 Å².